The number of benzene rings is 1. The predicted molar refractivity (Wildman–Crippen MR) is 57.2 cm³/mol. The summed E-state index contributed by atoms with van der Waals surface area (Å²) in [4.78, 5) is 7.87. The van der Waals surface area contributed by atoms with Gasteiger partial charge in [0, 0.05) is 11.8 Å². The summed E-state index contributed by atoms with van der Waals surface area (Å²) in [6.45, 7) is 1.64. The highest BCUT2D eigenvalue weighted by Crippen LogP contribution is 2.35. The summed E-state index contributed by atoms with van der Waals surface area (Å²) in [5.41, 5.74) is -0.325. The first-order valence-corrected chi connectivity index (χ1v) is 4.95. The predicted octanol–water partition coefficient (Wildman–Crippen LogP) is 3.47. The molecule has 0 amide bonds. The molecule has 0 aliphatic rings. The number of aryl methyl sites for hydroxylation is 1. The van der Waals surface area contributed by atoms with Crippen LogP contribution in [-0.2, 0) is 6.18 Å². The lowest BCUT2D eigenvalue weighted by Crippen LogP contribution is -2.07. The molecule has 0 radical (unpaired) electrons. The van der Waals surface area contributed by atoms with E-state index in [4.69, 9.17) is 0 Å². The highest BCUT2D eigenvalue weighted by atomic mass is 19.4. The fourth-order valence-electron chi connectivity index (χ4n) is 1.56. The molecule has 1 aromatic carbocycles. The van der Waals surface area contributed by atoms with Crippen LogP contribution in [-0.4, -0.2) is 9.97 Å². The van der Waals surface area contributed by atoms with E-state index in [-0.39, 0.29) is 11.3 Å². The van der Waals surface area contributed by atoms with E-state index in [2.05, 4.69) is 9.97 Å². The molecule has 0 atom stereocenters. The first-order chi connectivity index (χ1) is 7.98. The average molecular weight is 238 g/mol. The van der Waals surface area contributed by atoms with E-state index < -0.39 is 11.7 Å². The molecule has 0 saturated heterocycles. The number of hydrogen-bond donors (Lipinski definition) is 0. The fraction of sp³-hybridized carbons (Fsp3) is 0.167. The molecule has 0 aliphatic heterocycles. The van der Waals surface area contributed by atoms with Crippen LogP contribution in [0.25, 0.3) is 11.3 Å². The van der Waals surface area contributed by atoms with Gasteiger partial charge in [0.05, 0.1) is 11.3 Å². The summed E-state index contributed by atoms with van der Waals surface area (Å²) < 4.78 is 38.4. The van der Waals surface area contributed by atoms with Crippen molar-refractivity contribution in [2.45, 2.75) is 13.1 Å². The molecule has 5 heteroatoms. The Morgan fingerprint density at radius 1 is 1.06 bits per heavy atom. The van der Waals surface area contributed by atoms with Gasteiger partial charge in [0.1, 0.15) is 5.82 Å². The molecule has 2 rings (SSSR count). The van der Waals surface area contributed by atoms with Gasteiger partial charge in [-0.3, -0.25) is 0 Å². The first kappa shape index (κ1) is 11.6. The molecule has 0 aliphatic carbocycles. The van der Waals surface area contributed by atoms with E-state index in [1.165, 1.54) is 24.4 Å². The van der Waals surface area contributed by atoms with E-state index in [0.29, 0.717) is 5.82 Å². The molecule has 17 heavy (non-hydrogen) atoms. The Morgan fingerprint density at radius 3 is 2.41 bits per heavy atom. The third-order valence-corrected chi connectivity index (χ3v) is 2.28. The lowest BCUT2D eigenvalue weighted by molar-refractivity contribution is -0.137. The topological polar surface area (TPSA) is 25.8 Å². The number of aromatic nitrogens is 2. The van der Waals surface area contributed by atoms with Gasteiger partial charge in [0.2, 0.25) is 0 Å². The molecule has 1 aromatic heterocycles. The summed E-state index contributed by atoms with van der Waals surface area (Å²) in [6.07, 6.45) is -2.93. The van der Waals surface area contributed by atoms with Crippen molar-refractivity contribution in [3.63, 3.8) is 0 Å². The van der Waals surface area contributed by atoms with Crippen LogP contribution in [0.3, 0.4) is 0 Å². The molecular formula is C12H9F3N2. The summed E-state index contributed by atoms with van der Waals surface area (Å²) in [5.74, 6) is 0.444. The molecule has 0 unspecified atom stereocenters. The highest BCUT2D eigenvalue weighted by Gasteiger charge is 2.33. The van der Waals surface area contributed by atoms with Gasteiger partial charge in [0.25, 0.3) is 0 Å². The Morgan fingerprint density at radius 2 is 1.76 bits per heavy atom. The van der Waals surface area contributed by atoms with Crippen LogP contribution in [0.15, 0.2) is 36.5 Å². The van der Waals surface area contributed by atoms with Crippen LogP contribution in [0, 0.1) is 6.92 Å². The van der Waals surface area contributed by atoms with Crippen molar-refractivity contribution in [2.24, 2.45) is 0 Å². The summed E-state index contributed by atoms with van der Waals surface area (Å²) in [6, 6.07) is 6.84. The molecule has 0 saturated carbocycles. The van der Waals surface area contributed by atoms with Gasteiger partial charge in [-0.1, -0.05) is 18.2 Å². The lowest BCUT2D eigenvalue weighted by atomic mass is 10.0. The molecule has 0 N–H and O–H groups in total. The van der Waals surface area contributed by atoms with Crippen molar-refractivity contribution < 1.29 is 13.2 Å². The third kappa shape index (κ3) is 2.43. The second-order valence-corrected chi connectivity index (χ2v) is 3.53. The summed E-state index contributed by atoms with van der Waals surface area (Å²) in [7, 11) is 0. The first-order valence-electron chi connectivity index (χ1n) is 4.95. The maximum absolute atomic E-state index is 12.8. The average Bonchev–Trinajstić information content (AvgIpc) is 2.28. The second-order valence-electron chi connectivity index (χ2n) is 3.53. The number of hydrogen-bond acceptors (Lipinski definition) is 2. The van der Waals surface area contributed by atoms with E-state index in [1.54, 1.807) is 13.0 Å². The van der Waals surface area contributed by atoms with E-state index in [9.17, 15) is 13.2 Å². The van der Waals surface area contributed by atoms with Crippen molar-refractivity contribution in [1.82, 2.24) is 9.97 Å². The van der Waals surface area contributed by atoms with Crippen molar-refractivity contribution in [3.05, 3.63) is 47.9 Å². The Labute approximate surface area is 96.2 Å². The largest absolute Gasteiger partial charge is 0.417 e. The summed E-state index contributed by atoms with van der Waals surface area (Å²) in [5, 5.41) is 0. The SMILES string of the molecule is Cc1nccc(-c2ccccc2C(F)(F)F)n1. The zero-order chi connectivity index (χ0) is 12.5. The highest BCUT2D eigenvalue weighted by molar-refractivity contribution is 5.64. The molecule has 1 heterocycles. The zero-order valence-electron chi connectivity index (χ0n) is 8.99. The van der Waals surface area contributed by atoms with Crippen LogP contribution in [0.4, 0.5) is 13.2 Å². The van der Waals surface area contributed by atoms with Gasteiger partial charge in [0.15, 0.2) is 0 Å². The van der Waals surface area contributed by atoms with Crippen LogP contribution >= 0.6 is 0 Å². The van der Waals surface area contributed by atoms with Gasteiger partial charge in [-0.2, -0.15) is 13.2 Å². The maximum atomic E-state index is 12.8. The standard InChI is InChI=1S/C12H9F3N2/c1-8-16-7-6-11(17-8)9-4-2-3-5-10(9)12(13,14)15/h2-7H,1H3. The molecule has 2 nitrogen and oxygen atoms in total. The van der Waals surface area contributed by atoms with Crippen molar-refractivity contribution in [1.29, 1.82) is 0 Å². The minimum absolute atomic E-state index is 0.0745. The Hall–Kier alpha value is -1.91. The fourth-order valence-corrected chi connectivity index (χ4v) is 1.56. The van der Waals surface area contributed by atoms with Crippen LogP contribution in [0.5, 0.6) is 0 Å². The van der Waals surface area contributed by atoms with Crippen LogP contribution in [0.2, 0.25) is 0 Å². The minimum Gasteiger partial charge on any atom is -0.242 e. The Kier molecular flexibility index (Phi) is 2.83. The Balaban J connectivity index is 2.60. The molecule has 88 valence electrons. The van der Waals surface area contributed by atoms with Crippen molar-refractivity contribution >= 4 is 0 Å². The number of alkyl halides is 3. The van der Waals surface area contributed by atoms with E-state index >= 15 is 0 Å². The summed E-state index contributed by atoms with van der Waals surface area (Å²) >= 11 is 0. The van der Waals surface area contributed by atoms with Crippen molar-refractivity contribution in [3.8, 4) is 11.3 Å². The number of nitrogens with zero attached hydrogens (tertiary/aromatic N) is 2. The molecule has 0 spiro atoms. The quantitative estimate of drug-likeness (QED) is 0.760. The Bertz CT molecular complexity index is 535. The van der Waals surface area contributed by atoms with E-state index in [0.717, 1.165) is 6.07 Å². The van der Waals surface area contributed by atoms with Crippen LogP contribution in [0.1, 0.15) is 11.4 Å². The van der Waals surface area contributed by atoms with E-state index in [1.807, 2.05) is 0 Å². The smallest absolute Gasteiger partial charge is 0.242 e. The van der Waals surface area contributed by atoms with Gasteiger partial charge in [-0.05, 0) is 19.1 Å². The zero-order valence-corrected chi connectivity index (χ0v) is 8.99. The second kappa shape index (κ2) is 4.16. The monoisotopic (exact) mass is 238 g/mol. The number of rotatable bonds is 1. The van der Waals surface area contributed by atoms with Gasteiger partial charge >= 0.3 is 6.18 Å². The molecule has 0 fully saturated rings. The van der Waals surface area contributed by atoms with Gasteiger partial charge in [-0.25, -0.2) is 9.97 Å². The van der Waals surface area contributed by atoms with Crippen LogP contribution < -0.4 is 0 Å². The molecule has 0 bridgehead atoms. The third-order valence-electron chi connectivity index (χ3n) is 2.28. The maximum Gasteiger partial charge on any atom is 0.417 e. The molecular weight excluding hydrogens is 229 g/mol. The molecule has 2 aromatic rings. The minimum atomic E-state index is -4.38. The number of halogens is 3. The van der Waals surface area contributed by atoms with Gasteiger partial charge < -0.3 is 0 Å². The normalized spacial score (nSPS) is 11.5. The van der Waals surface area contributed by atoms with Crippen molar-refractivity contribution in [2.75, 3.05) is 0 Å². The lowest BCUT2D eigenvalue weighted by Gasteiger charge is -2.12. The van der Waals surface area contributed by atoms with Gasteiger partial charge in [-0.15, -0.1) is 0 Å².